The average Bonchev–Trinajstić information content (AvgIpc) is 3.63. The molecule has 0 aliphatic carbocycles. The van der Waals surface area contributed by atoms with Crippen molar-refractivity contribution in [3.05, 3.63) is 110 Å². The Morgan fingerprint density at radius 2 is 1.72 bits per heavy atom. The average molecular weight is 793 g/mol. The third kappa shape index (κ3) is 11.8. The molecule has 0 amide bonds. The molecule has 10 nitrogen and oxygen atoms in total. The number of esters is 2. The molecule has 53 heavy (non-hydrogen) atoms. The highest BCUT2D eigenvalue weighted by molar-refractivity contribution is 7.13. The molecule has 0 saturated carbocycles. The van der Waals surface area contributed by atoms with Crippen LogP contribution in [-0.4, -0.2) is 75.5 Å². The van der Waals surface area contributed by atoms with Crippen molar-refractivity contribution in [2.45, 2.75) is 44.6 Å². The molecule has 1 N–H and O–H groups in total. The summed E-state index contributed by atoms with van der Waals surface area (Å²) >= 11 is 14.1. The van der Waals surface area contributed by atoms with E-state index in [0.717, 1.165) is 36.4 Å². The number of likely N-dealkylation sites (tertiary alicyclic amines) is 1. The van der Waals surface area contributed by atoms with Crippen LogP contribution in [0.3, 0.4) is 0 Å². The summed E-state index contributed by atoms with van der Waals surface area (Å²) in [5, 5.41) is 3.83. The van der Waals surface area contributed by atoms with Crippen molar-refractivity contribution in [1.82, 2.24) is 15.2 Å². The van der Waals surface area contributed by atoms with Crippen LogP contribution in [0.15, 0.2) is 73.1 Å². The zero-order valence-corrected chi connectivity index (χ0v) is 31.6. The van der Waals surface area contributed by atoms with E-state index in [0.29, 0.717) is 28.5 Å². The second-order valence-corrected chi connectivity index (χ2v) is 14.5. The SMILES string of the molecule is COCCOc1cc([C@H](Cc2c(Cl)cncc2Cl)OC(=O)c2ccc(CNC(C(=O)OCC3CCN(C)CC3)c3ccccc3)s2)ccc1OC(F)F. The third-order valence-corrected chi connectivity index (χ3v) is 10.4. The molecular formula is C38H41Cl2F2N3O7S. The van der Waals surface area contributed by atoms with Gasteiger partial charge < -0.3 is 28.6 Å². The molecule has 0 radical (unpaired) electrons. The zero-order valence-electron chi connectivity index (χ0n) is 29.3. The molecule has 2 aromatic carbocycles. The van der Waals surface area contributed by atoms with Gasteiger partial charge in [0, 0.05) is 37.3 Å². The van der Waals surface area contributed by atoms with Crippen molar-refractivity contribution in [2.24, 2.45) is 5.92 Å². The van der Waals surface area contributed by atoms with E-state index >= 15 is 0 Å². The number of benzene rings is 2. The van der Waals surface area contributed by atoms with Gasteiger partial charge in [-0.2, -0.15) is 8.78 Å². The molecule has 0 spiro atoms. The van der Waals surface area contributed by atoms with E-state index < -0.39 is 24.7 Å². The molecule has 284 valence electrons. The van der Waals surface area contributed by atoms with E-state index in [2.05, 4.69) is 27.0 Å². The summed E-state index contributed by atoms with van der Waals surface area (Å²) in [6.45, 7) is -0.240. The number of hydrogen-bond donors (Lipinski definition) is 1. The lowest BCUT2D eigenvalue weighted by atomic mass is 9.98. The Morgan fingerprint density at radius 3 is 2.42 bits per heavy atom. The number of hydrogen-bond acceptors (Lipinski definition) is 11. The maximum atomic E-state index is 13.7. The molecule has 1 unspecified atom stereocenters. The minimum absolute atomic E-state index is 0.00940. The highest BCUT2D eigenvalue weighted by atomic mass is 35.5. The molecule has 1 saturated heterocycles. The van der Waals surface area contributed by atoms with Crippen molar-refractivity contribution in [3.63, 3.8) is 0 Å². The topological polar surface area (TPSA) is 108 Å². The Kier molecular flexibility index (Phi) is 15.2. The molecule has 1 aliphatic heterocycles. The first-order chi connectivity index (χ1) is 25.6. The van der Waals surface area contributed by atoms with Crippen molar-refractivity contribution in [2.75, 3.05) is 47.1 Å². The fraction of sp³-hybridized carbons (Fsp3) is 0.395. The van der Waals surface area contributed by atoms with Gasteiger partial charge in [-0.3, -0.25) is 10.3 Å². The second-order valence-electron chi connectivity index (χ2n) is 12.5. The van der Waals surface area contributed by atoms with E-state index in [1.165, 1.54) is 49.0 Å². The Bertz CT molecular complexity index is 1770. The highest BCUT2D eigenvalue weighted by Crippen LogP contribution is 2.37. The normalized spacial score (nSPS) is 14.8. The number of alkyl halides is 2. The molecule has 1 aliphatic rings. The molecular weight excluding hydrogens is 751 g/mol. The zero-order chi connectivity index (χ0) is 37.7. The smallest absolute Gasteiger partial charge is 0.387 e. The van der Waals surface area contributed by atoms with E-state index in [4.69, 9.17) is 42.1 Å². The molecule has 15 heteroatoms. The Balaban J connectivity index is 1.31. The summed E-state index contributed by atoms with van der Waals surface area (Å²) in [5.41, 5.74) is 1.66. The quantitative estimate of drug-likeness (QED) is 0.0789. The lowest BCUT2D eigenvalue weighted by Crippen LogP contribution is -2.34. The first-order valence-electron chi connectivity index (χ1n) is 17.0. The van der Waals surface area contributed by atoms with Crippen LogP contribution >= 0.6 is 34.5 Å². The van der Waals surface area contributed by atoms with Crippen LogP contribution < -0.4 is 14.8 Å². The molecule has 4 aromatic rings. The number of thiophene rings is 1. The van der Waals surface area contributed by atoms with Gasteiger partial charge in [0.25, 0.3) is 0 Å². The van der Waals surface area contributed by atoms with Crippen LogP contribution in [-0.2, 0) is 32.0 Å². The summed E-state index contributed by atoms with van der Waals surface area (Å²) < 4.78 is 53.6. The van der Waals surface area contributed by atoms with E-state index in [1.807, 2.05) is 30.3 Å². The number of nitrogens with zero attached hydrogens (tertiary/aromatic N) is 2. The number of piperidine rings is 1. The van der Waals surface area contributed by atoms with Gasteiger partial charge in [0.05, 0.1) is 23.3 Å². The van der Waals surface area contributed by atoms with Crippen molar-refractivity contribution < 1.29 is 42.1 Å². The Morgan fingerprint density at radius 1 is 0.981 bits per heavy atom. The first kappa shape index (κ1) is 40.3. The number of rotatable bonds is 18. The predicted molar refractivity (Wildman–Crippen MR) is 198 cm³/mol. The predicted octanol–water partition coefficient (Wildman–Crippen LogP) is 7.93. The standard InChI is InChI=1S/C38H41Cl2F2N3O7S/c1-45-14-12-24(13-15-45)23-50-37(47)35(25-6-4-3-5-7-25)44-20-27-9-11-34(53-27)36(46)51-32(19-28-29(39)21-43-22-30(28)40)26-8-10-31(52-38(41)42)33(18-26)49-17-16-48-2/h3-11,18,21-22,24,32,35,38,44H,12-17,19-20,23H2,1-2H3/t32-,35?/m0/s1. The van der Waals surface area contributed by atoms with Crippen LogP contribution in [0.25, 0.3) is 0 Å². The van der Waals surface area contributed by atoms with Gasteiger partial charge in [0.1, 0.15) is 23.6 Å². The minimum Gasteiger partial charge on any atom is -0.487 e. The van der Waals surface area contributed by atoms with Crippen LogP contribution in [0.2, 0.25) is 10.0 Å². The molecule has 2 aromatic heterocycles. The highest BCUT2D eigenvalue weighted by Gasteiger charge is 2.27. The summed E-state index contributed by atoms with van der Waals surface area (Å²) in [6.07, 6.45) is 3.87. The van der Waals surface area contributed by atoms with Gasteiger partial charge in [-0.05, 0) is 79.9 Å². The summed E-state index contributed by atoms with van der Waals surface area (Å²) in [5.74, 6) is -0.863. The van der Waals surface area contributed by atoms with Gasteiger partial charge in [-0.25, -0.2) is 9.59 Å². The Labute approximate surface area is 321 Å². The number of carbonyl (C=O) groups is 2. The maximum Gasteiger partial charge on any atom is 0.387 e. The number of halogens is 4. The van der Waals surface area contributed by atoms with Crippen molar-refractivity contribution in [1.29, 1.82) is 0 Å². The minimum atomic E-state index is -3.09. The van der Waals surface area contributed by atoms with E-state index in [-0.39, 0.29) is 53.7 Å². The van der Waals surface area contributed by atoms with E-state index in [1.54, 1.807) is 12.1 Å². The largest absolute Gasteiger partial charge is 0.487 e. The summed E-state index contributed by atoms with van der Waals surface area (Å²) in [6, 6.07) is 16.3. The number of methoxy groups -OCH3 is 1. The second kappa shape index (κ2) is 20.0. The van der Waals surface area contributed by atoms with Gasteiger partial charge >= 0.3 is 18.6 Å². The number of pyridine rings is 1. The van der Waals surface area contributed by atoms with Crippen molar-refractivity contribution >= 4 is 46.5 Å². The summed E-state index contributed by atoms with van der Waals surface area (Å²) in [7, 11) is 3.57. The lowest BCUT2D eigenvalue weighted by molar-refractivity contribution is -0.148. The Hall–Kier alpha value is -3.85. The molecule has 1 fully saturated rings. The fourth-order valence-electron chi connectivity index (χ4n) is 5.78. The monoisotopic (exact) mass is 791 g/mol. The lowest BCUT2D eigenvalue weighted by Gasteiger charge is -2.29. The first-order valence-corrected chi connectivity index (χ1v) is 18.6. The van der Waals surface area contributed by atoms with Gasteiger partial charge in [0.15, 0.2) is 11.5 Å². The van der Waals surface area contributed by atoms with Crippen LogP contribution in [0.5, 0.6) is 11.5 Å². The van der Waals surface area contributed by atoms with Crippen LogP contribution in [0, 0.1) is 5.92 Å². The fourth-order valence-corrected chi connectivity index (χ4v) is 7.14. The third-order valence-electron chi connectivity index (χ3n) is 8.70. The molecule has 2 atom stereocenters. The van der Waals surface area contributed by atoms with Gasteiger partial charge in [-0.15, -0.1) is 11.3 Å². The van der Waals surface area contributed by atoms with E-state index in [9.17, 15) is 18.4 Å². The van der Waals surface area contributed by atoms with Crippen molar-refractivity contribution in [3.8, 4) is 11.5 Å². The molecule has 3 heterocycles. The van der Waals surface area contributed by atoms with Gasteiger partial charge in [-0.1, -0.05) is 59.6 Å². The number of aromatic nitrogens is 1. The van der Waals surface area contributed by atoms with Gasteiger partial charge in [0.2, 0.25) is 0 Å². The summed E-state index contributed by atoms with van der Waals surface area (Å²) in [4.78, 5) is 34.4. The van der Waals surface area contributed by atoms with Crippen LogP contribution in [0.1, 0.15) is 56.2 Å². The van der Waals surface area contributed by atoms with Crippen LogP contribution in [0.4, 0.5) is 8.78 Å². The molecule has 0 bridgehead atoms. The number of nitrogens with one attached hydrogen (secondary N) is 1. The number of carbonyl (C=O) groups excluding carboxylic acids is 2. The number of ether oxygens (including phenoxy) is 5. The molecule has 5 rings (SSSR count). The maximum absolute atomic E-state index is 13.7.